The van der Waals surface area contributed by atoms with Gasteiger partial charge in [0.25, 0.3) is 5.56 Å². The van der Waals surface area contributed by atoms with Gasteiger partial charge < -0.3 is 23.7 Å². The van der Waals surface area contributed by atoms with Crippen LogP contribution in [0.1, 0.15) is 49.2 Å². The highest BCUT2D eigenvalue weighted by Crippen LogP contribution is 2.31. The lowest BCUT2D eigenvalue weighted by Crippen LogP contribution is -2.31. The second kappa shape index (κ2) is 11.7. The lowest BCUT2D eigenvalue weighted by molar-refractivity contribution is -0.142. The summed E-state index contributed by atoms with van der Waals surface area (Å²) in [4.78, 5) is 45.2. The number of aryl methyl sites for hydroxylation is 1. The average Bonchev–Trinajstić information content (AvgIpc) is 2.83. The summed E-state index contributed by atoms with van der Waals surface area (Å²) in [6.07, 6.45) is 1.90. The molecule has 0 aliphatic rings. The van der Waals surface area contributed by atoms with Crippen LogP contribution < -0.4 is 15.0 Å². The molecule has 1 aromatic carbocycles. The summed E-state index contributed by atoms with van der Waals surface area (Å²) < 4.78 is 31.7. The zero-order chi connectivity index (χ0) is 28.2. The van der Waals surface area contributed by atoms with E-state index in [2.05, 4.69) is 4.98 Å². The quantitative estimate of drug-likeness (QED) is 0.388. The van der Waals surface area contributed by atoms with Gasteiger partial charge in [-0.2, -0.15) is 0 Å². The van der Waals surface area contributed by atoms with Gasteiger partial charge in [0.1, 0.15) is 23.7 Å². The molecule has 0 radical (unpaired) electrons. The molecule has 0 atom stereocenters. The number of benzene rings is 1. The molecule has 0 aliphatic carbocycles. The Morgan fingerprint density at radius 3 is 2.50 bits per heavy atom. The van der Waals surface area contributed by atoms with Crippen molar-refractivity contribution in [2.45, 2.75) is 34.1 Å². The van der Waals surface area contributed by atoms with Crippen molar-refractivity contribution in [2.24, 2.45) is 12.5 Å². The van der Waals surface area contributed by atoms with Crippen LogP contribution in [0.4, 0.5) is 4.39 Å². The minimum Gasteiger partial charge on any atom is -0.492 e. The maximum atomic E-state index is 13.9. The molecule has 0 aliphatic heterocycles. The number of rotatable bonds is 9. The smallest absolute Gasteiger partial charge is 0.347 e. The van der Waals surface area contributed by atoms with Gasteiger partial charge in [0.15, 0.2) is 11.3 Å². The van der Waals surface area contributed by atoms with E-state index in [4.69, 9.17) is 14.2 Å². The zero-order valence-electron chi connectivity index (χ0n) is 22.9. The molecule has 0 saturated carbocycles. The molecule has 0 N–H and O–H groups in total. The molecule has 0 amide bonds. The first-order chi connectivity index (χ1) is 17.8. The number of hydrogen-bond acceptors (Lipinski definition) is 8. The van der Waals surface area contributed by atoms with E-state index in [1.165, 1.54) is 23.7 Å². The molecule has 3 rings (SSSR count). The monoisotopic (exact) mass is 527 g/mol. The van der Waals surface area contributed by atoms with Gasteiger partial charge in [0.05, 0.1) is 17.5 Å². The third kappa shape index (κ3) is 6.55. The SMILES string of the molecule is CCOC(=O)c1c(OC(=O)C(C)(C)C)c2ncc(Cc3ccc(F)cc3OCCN(C)C)cc2n(C)c1=O. The fourth-order valence-corrected chi connectivity index (χ4v) is 3.61. The first-order valence-corrected chi connectivity index (χ1v) is 12.3. The maximum absolute atomic E-state index is 13.9. The molecule has 0 saturated heterocycles. The Morgan fingerprint density at radius 1 is 1.16 bits per heavy atom. The molecular formula is C28H34FN3O6. The Labute approximate surface area is 221 Å². The number of halogens is 1. The van der Waals surface area contributed by atoms with E-state index >= 15 is 0 Å². The lowest BCUT2D eigenvalue weighted by atomic mass is 9.97. The van der Waals surface area contributed by atoms with Crippen LogP contribution in [-0.4, -0.2) is 60.2 Å². The van der Waals surface area contributed by atoms with E-state index in [9.17, 15) is 18.8 Å². The average molecular weight is 528 g/mol. The summed E-state index contributed by atoms with van der Waals surface area (Å²) in [6.45, 7) is 7.68. The summed E-state index contributed by atoms with van der Waals surface area (Å²) in [5.41, 5.74) is -0.0130. The van der Waals surface area contributed by atoms with Gasteiger partial charge in [0.2, 0.25) is 0 Å². The minimum atomic E-state index is -0.900. The number of fused-ring (bicyclic) bond motifs is 1. The molecule has 2 aromatic heterocycles. The first kappa shape index (κ1) is 28.8. The molecule has 3 aromatic rings. The predicted octanol–water partition coefficient (Wildman–Crippen LogP) is 3.73. The third-order valence-electron chi connectivity index (χ3n) is 5.75. The fraction of sp³-hybridized carbons (Fsp3) is 0.429. The van der Waals surface area contributed by atoms with Crippen molar-refractivity contribution >= 4 is 23.0 Å². The van der Waals surface area contributed by atoms with Crippen molar-refractivity contribution in [1.29, 1.82) is 0 Å². The number of hydrogen-bond donors (Lipinski definition) is 0. The van der Waals surface area contributed by atoms with Gasteiger partial charge in [-0.1, -0.05) is 6.07 Å². The van der Waals surface area contributed by atoms with Gasteiger partial charge in [0, 0.05) is 32.3 Å². The lowest BCUT2D eigenvalue weighted by Gasteiger charge is -2.19. The topological polar surface area (TPSA) is 100.0 Å². The van der Waals surface area contributed by atoms with Crippen LogP contribution in [0, 0.1) is 11.2 Å². The van der Waals surface area contributed by atoms with Crippen molar-refractivity contribution in [3.8, 4) is 11.5 Å². The van der Waals surface area contributed by atoms with E-state index in [1.54, 1.807) is 46.0 Å². The van der Waals surface area contributed by atoms with Crippen LogP contribution in [0.25, 0.3) is 11.0 Å². The minimum absolute atomic E-state index is 0.0374. The van der Waals surface area contributed by atoms with Crippen LogP contribution in [0.3, 0.4) is 0 Å². The maximum Gasteiger partial charge on any atom is 0.347 e. The zero-order valence-corrected chi connectivity index (χ0v) is 22.9. The third-order valence-corrected chi connectivity index (χ3v) is 5.75. The largest absolute Gasteiger partial charge is 0.492 e. The summed E-state index contributed by atoms with van der Waals surface area (Å²) in [6, 6.07) is 6.06. The van der Waals surface area contributed by atoms with Gasteiger partial charge in [-0.15, -0.1) is 0 Å². The Morgan fingerprint density at radius 2 is 1.87 bits per heavy atom. The molecule has 204 valence electrons. The molecule has 9 nitrogen and oxygen atoms in total. The van der Waals surface area contributed by atoms with Crippen LogP contribution in [0.2, 0.25) is 0 Å². The predicted molar refractivity (Wildman–Crippen MR) is 141 cm³/mol. The highest BCUT2D eigenvalue weighted by molar-refractivity contribution is 6.00. The highest BCUT2D eigenvalue weighted by atomic mass is 19.1. The van der Waals surface area contributed by atoms with Gasteiger partial charge in [-0.05, 0) is 65.0 Å². The molecule has 0 spiro atoms. The van der Waals surface area contributed by atoms with Crippen molar-refractivity contribution in [3.63, 3.8) is 0 Å². The van der Waals surface area contributed by atoms with Crippen molar-refractivity contribution in [3.05, 3.63) is 63.3 Å². The van der Waals surface area contributed by atoms with Crippen LogP contribution in [0.15, 0.2) is 35.3 Å². The normalized spacial score (nSPS) is 11.6. The number of carbonyl (C=O) groups excluding carboxylic acids is 2. The first-order valence-electron chi connectivity index (χ1n) is 12.3. The molecule has 0 bridgehead atoms. The van der Waals surface area contributed by atoms with Gasteiger partial charge >= 0.3 is 11.9 Å². The molecular weight excluding hydrogens is 493 g/mol. The van der Waals surface area contributed by atoms with E-state index in [1.807, 2.05) is 19.0 Å². The molecule has 38 heavy (non-hydrogen) atoms. The summed E-state index contributed by atoms with van der Waals surface area (Å²) in [5, 5.41) is 0. The number of esters is 2. The standard InChI is InChI=1S/C28H34FN3O6/c1-8-36-26(34)22-24(38-27(35)28(2,3)4)23-20(32(7)25(22)33)14-17(16-30-23)13-18-9-10-19(29)15-21(18)37-12-11-31(5)6/h9-10,14-16H,8,11-13H2,1-7H3. The summed E-state index contributed by atoms with van der Waals surface area (Å²) >= 11 is 0. The summed E-state index contributed by atoms with van der Waals surface area (Å²) in [7, 11) is 5.34. The second-order valence-electron chi connectivity index (χ2n) is 10.2. The highest BCUT2D eigenvalue weighted by Gasteiger charge is 2.31. The number of aromatic nitrogens is 2. The van der Waals surface area contributed by atoms with Crippen LogP contribution >= 0.6 is 0 Å². The van der Waals surface area contributed by atoms with Crippen molar-refractivity contribution < 1.29 is 28.2 Å². The fourth-order valence-electron chi connectivity index (χ4n) is 3.61. The van der Waals surface area contributed by atoms with E-state index in [0.29, 0.717) is 36.4 Å². The number of pyridine rings is 2. The number of carbonyl (C=O) groups is 2. The van der Waals surface area contributed by atoms with Gasteiger partial charge in [-0.25, -0.2) is 9.18 Å². The molecule has 2 heterocycles. The molecule has 0 fully saturated rings. The van der Waals surface area contributed by atoms with E-state index in [0.717, 1.165) is 5.56 Å². The Balaban J connectivity index is 2.11. The molecule has 0 unspecified atom stereocenters. The van der Waals surface area contributed by atoms with Crippen LogP contribution in [-0.2, 0) is 23.0 Å². The molecule has 10 heteroatoms. The van der Waals surface area contributed by atoms with E-state index < -0.39 is 34.3 Å². The van der Waals surface area contributed by atoms with Gasteiger partial charge in [-0.3, -0.25) is 14.6 Å². The van der Waals surface area contributed by atoms with Crippen molar-refractivity contribution in [1.82, 2.24) is 14.5 Å². The second-order valence-corrected chi connectivity index (χ2v) is 10.2. The van der Waals surface area contributed by atoms with Crippen molar-refractivity contribution in [2.75, 3.05) is 33.9 Å². The van der Waals surface area contributed by atoms with E-state index in [-0.39, 0.29) is 17.9 Å². The Kier molecular flexibility index (Phi) is 8.88. The van der Waals surface area contributed by atoms with Crippen LogP contribution in [0.5, 0.6) is 11.5 Å². The summed E-state index contributed by atoms with van der Waals surface area (Å²) in [5.74, 6) is -1.76. The Hall–Kier alpha value is -3.79. The number of nitrogens with zero attached hydrogens (tertiary/aromatic N) is 3. The number of likely N-dealkylation sites (N-methyl/N-ethyl adjacent to an activating group) is 1. The number of ether oxygens (including phenoxy) is 3. The Bertz CT molecular complexity index is 1410.